The molecule has 106 valence electrons. The van der Waals surface area contributed by atoms with Gasteiger partial charge in [0.15, 0.2) is 0 Å². The third kappa shape index (κ3) is 3.71. The largest absolute Gasteiger partial charge is 0.496 e. The minimum atomic E-state index is 0.839. The van der Waals surface area contributed by atoms with Crippen LogP contribution < -0.4 is 10.1 Å². The third-order valence-corrected chi connectivity index (χ3v) is 3.90. The molecule has 1 heterocycles. The molecule has 1 aromatic carbocycles. The van der Waals surface area contributed by atoms with Crippen molar-refractivity contribution >= 4 is 0 Å². The summed E-state index contributed by atoms with van der Waals surface area (Å²) in [5.74, 6) is 1.90. The number of nitrogens with zero attached hydrogens (tertiary/aromatic N) is 1. The predicted octanol–water partition coefficient (Wildman–Crippen LogP) is 2.01. The molecule has 0 unspecified atom stereocenters. The molecule has 2 rings (SSSR count). The van der Waals surface area contributed by atoms with Crippen molar-refractivity contribution in [3.05, 3.63) is 28.8 Å². The number of rotatable bonds is 6. The highest BCUT2D eigenvalue weighted by atomic mass is 16.5. The summed E-state index contributed by atoms with van der Waals surface area (Å²) < 4.78 is 5.55. The van der Waals surface area contributed by atoms with Gasteiger partial charge in [-0.2, -0.15) is 0 Å². The van der Waals surface area contributed by atoms with E-state index in [-0.39, 0.29) is 0 Å². The summed E-state index contributed by atoms with van der Waals surface area (Å²) in [6.45, 7) is 8.92. The van der Waals surface area contributed by atoms with Gasteiger partial charge in [-0.1, -0.05) is 17.7 Å². The van der Waals surface area contributed by atoms with E-state index < -0.39 is 0 Å². The summed E-state index contributed by atoms with van der Waals surface area (Å²) >= 11 is 0. The maximum absolute atomic E-state index is 5.55. The number of hydrogen-bond donors (Lipinski definition) is 1. The molecule has 0 bridgehead atoms. The summed E-state index contributed by atoms with van der Waals surface area (Å²) in [5, 5.41) is 3.33. The van der Waals surface area contributed by atoms with E-state index in [1.165, 1.54) is 36.3 Å². The molecular weight excluding hydrogens is 236 g/mol. The van der Waals surface area contributed by atoms with Crippen LogP contribution in [0.2, 0.25) is 0 Å². The lowest BCUT2D eigenvalue weighted by molar-refractivity contribution is 0.225. The van der Waals surface area contributed by atoms with Crippen LogP contribution in [-0.4, -0.2) is 45.2 Å². The molecule has 0 atom stereocenters. The zero-order valence-corrected chi connectivity index (χ0v) is 12.6. The molecule has 3 nitrogen and oxygen atoms in total. The van der Waals surface area contributed by atoms with Gasteiger partial charge >= 0.3 is 0 Å². The van der Waals surface area contributed by atoms with Crippen LogP contribution in [0.25, 0.3) is 0 Å². The molecule has 0 spiro atoms. The van der Waals surface area contributed by atoms with Crippen molar-refractivity contribution in [3.8, 4) is 5.75 Å². The highest BCUT2D eigenvalue weighted by molar-refractivity contribution is 5.43. The molecule has 0 radical (unpaired) electrons. The normalized spacial score (nSPS) is 15.6. The molecule has 19 heavy (non-hydrogen) atoms. The Morgan fingerprint density at radius 1 is 1.32 bits per heavy atom. The molecule has 1 aliphatic heterocycles. The quantitative estimate of drug-likeness (QED) is 0.849. The minimum Gasteiger partial charge on any atom is -0.496 e. The van der Waals surface area contributed by atoms with Crippen LogP contribution in [0, 0.1) is 19.8 Å². The van der Waals surface area contributed by atoms with Gasteiger partial charge in [-0.3, -0.25) is 0 Å². The summed E-state index contributed by atoms with van der Waals surface area (Å²) in [5.41, 5.74) is 3.89. The minimum absolute atomic E-state index is 0.839. The van der Waals surface area contributed by atoms with Crippen molar-refractivity contribution < 1.29 is 4.74 Å². The standard InChI is InChI=1S/C16H26N2O/c1-12-7-13(2)16(19-4)15(8-12)5-6-18(3)11-14-9-17-10-14/h7-8,14,17H,5-6,9-11H2,1-4H3. The van der Waals surface area contributed by atoms with Gasteiger partial charge in [-0.25, -0.2) is 0 Å². The van der Waals surface area contributed by atoms with Gasteiger partial charge in [0.05, 0.1) is 7.11 Å². The lowest BCUT2D eigenvalue weighted by Gasteiger charge is -2.31. The summed E-state index contributed by atoms with van der Waals surface area (Å²) in [4.78, 5) is 2.43. The first kappa shape index (κ1) is 14.4. The number of nitrogens with one attached hydrogen (secondary N) is 1. The van der Waals surface area contributed by atoms with Crippen molar-refractivity contribution in [3.63, 3.8) is 0 Å². The van der Waals surface area contributed by atoms with Crippen LogP contribution in [0.4, 0.5) is 0 Å². The van der Waals surface area contributed by atoms with Crippen LogP contribution in [0.15, 0.2) is 12.1 Å². The summed E-state index contributed by atoms with van der Waals surface area (Å²) in [6.07, 6.45) is 1.06. The number of aryl methyl sites for hydroxylation is 2. The van der Waals surface area contributed by atoms with Gasteiger partial charge in [0.1, 0.15) is 5.75 Å². The van der Waals surface area contributed by atoms with E-state index in [2.05, 4.69) is 43.2 Å². The van der Waals surface area contributed by atoms with E-state index >= 15 is 0 Å². The average molecular weight is 262 g/mol. The molecule has 1 N–H and O–H groups in total. The fourth-order valence-electron chi connectivity index (χ4n) is 2.84. The monoisotopic (exact) mass is 262 g/mol. The van der Waals surface area contributed by atoms with Crippen molar-refractivity contribution in [2.75, 3.05) is 40.3 Å². The maximum atomic E-state index is 5.55. The smallest absolute Gasteiger partial charge is 0.125 e. The zero-order valence-electron chi connectivity index (χ0n) is 12.6. The zero-order chi connectivity index (χ0) is 13.8. The number of hydrogen-bond acceptors (Lipinski definition) is 3. The Bertz CT molecular complexity index is 427. The summed E-state index contributed by atoms with van der Waals surface area (Å²) in [6, 6.07) is 4.44. The second-order valence-electron chi connectivity index (χ2n) is 5.81. The molecule has 0 aromatic heterocycles. The van der Waals surface area contributed by atoms with E-state index in [0.717, 1.165) is 24.6 Å². The Morgan fingerprint density at radius 2 is 2.05 bits per heavy atom. The third-order valence-electron chi connectivity index (χ3n) is 3.90. The molecule has 3 heteroatoms. The number of benzene rings is 1. The van der Waals surface area contributed by atoms with E-state index in [9.17, 15) is 0 Å². The van der Waals surface area contributed by atoms with Gasteiger partial charge in [-0.15, -0.1) is 0 Å². The lowest BCUT2D eigenvalue weighted by Crippen LogP contribution is -2.47. The number of likely N-dealkylation sites (N-methyl/N-ethyl adjacent to an activating group) is 1. The second-order valence-corrected chi connectivity index (χ2v) is 5.81. The first-order valence-electron chi connectivity index (χ1n) is 7.13. The first-order valence-corrected chi connectivity index (χ1v) is 7.13. The number of methoxy groups -OCH3 is 1. The van der Waals surface area contributed by atoms with Crippen molar-refractivity contribution in [1.82, 2.24) is 10.2 Å². The van der Waals surface area contributed by atoms with Gasteiger partial charge in [0.2, 0.25) is 0 Å². The predicted molar refractivity (Wildman–Crippen MR) is 80.0 cm³/mol. The molecule has 1 aromatic rings. The fourth-order valence-corrected chi connectivity index (χ4v) is 2.84. The highest BCUT2D eigenvalue weighted by Gasteiger charge is 2.18. The van der Waals surface area contributed by atoms with E-state index in [1.807, 2.05) is 0 Å². The van der Waals surface area contributed by atoms with Crippen molar-refractivity contribution in [1.29, 1.82) is 0 Å². The maximum Gasteiger partial charge on any atom is 0.125 e. The Balaban J connectivity index is 1.94. The highest BCUT2D eigenvalue weighted by Crippen LogP contribution is 2.25. The van der Waals surface area contributed by atoms with Gasteiger partial charge < -0.3 is 15.0 Å². The van der Waals surface area contributed by atoms with Crippen LogP contribution >= 0.6 is 0 Å². The molecule has 1 saturated heterocycles. The van der Waals surface area contributed by atoms with E-state index in [1.54, 1.807) is 7.11 Å². The molecule has 0 saturated carbocycles. The molecular formula is C16H26N2O. The fraction of sp³-hybridized carbons (Fsp3) is 0.625. The van der Waals surface area contributed by atoms with Crippen LogP contribution in [0.3, 0.4) is 0 Å². The van der Waals surface area contributed by atoms with Gasteiger partial charge in [-0.05, 0) is 44.4 Å². The van der Waals surface area contributed by atoms with Crippen LogP contribution in [0.5, 0.6) is 5.75 Å². The SMILES string of the molecule is COc1c(C)cc(C)cc1CCN(C)CC1CNC1. The first-order chi connectivity index (χ1) is 9.10. The Kier molecular flexibility index (Phi) is 4.83. The van der Waals surface area contributed by atoms with E-state index in [4.69, 9.17) is 4.74 Å². The van der Waals surface area contributed by atoms with Crippen LogP contribution in [-0.2, 0) is 6.42 Å². The Hall–Kier alpha value is -1.06. The molecule has 1 aliphatic rings. The van der Waals surface area contributed by atoms with Crippen LogP contribution in [0.1, 0.15) is 16.7 Å². The van der Waals surface area contributed by atoms with Crippen molar-refractivity contribution in [2.24, 2.45) is 5.92 Å². The summed E-state index contributed by atoms with van der Waals surface area (Å²) in [7, 11) is 3.98. The molecule has 0 aliphatic carbocycles. The van der Waals surface area contributed by atoms with E-state index in [0.29, 0.717) is 0 Å². The molecule has 1 fully saturated rings. The Morgan fingerprint density at radius 3 is 2.63 bits per heavy atom. The average Bonchev–Trinajstić information content (AvgIpc) is 2.30. The number of ether oxygens (including phenoxy) is 1. The van der Waals surface area contributed by atoms with Gasteiger partial charge in [0, 0.05) is 26.2 Å². The Labute approximate surface area is 116 Å². The lowest BCUT2D eigenvalue weighted by atomic mass is 10.0. The topological polar surface area (TPSA) is 24.5 Å². The molecule has 0 amide bonds. The van der Waals surface area contributed by atoms with Crippen molar-refractivity contribution in [2.45, 2.75) is 20.3 Å². The van der Waals surface area contributed by atoms with Gasteiger partial charge in [0.25, 0.3) is 0 Å². The second kappa shape index (κ2) is 6.40.